The predicted molar refractivity (Wildman–Crippen MR) is 76.6 cm³/mol. The lowest BCUT2D eigenvalue weighted by molar-refractivity contribution is -0.383. The Bertz CT molecular complexity index is 611. The first-order chi connectivity index (χ1) is 9.11. The van der Waals surface area contributed by atoms with Crippen molar-refractivity contribution in [2.45, 2.75) is 13.3 Å². The van der Waals surface area contributed by atoms with E-state index < -0.39 is 4.92 Å². The predicted octanol–water partition coefficient (Wildman–Crippen LogP) is 3.48. The number of anilines is 3. The number of nitrogens with two attached hydrogens (primary N) is 1. The topological polar surface area (TPSA) is 81.2 Å². The van der Waals surface area contributed by atoms with Gasteiger partial charge in [0.2, 0.25) is 0 Å². The van der Waals surface area contributed by atoms with Gasteiger partial charge in [-0.1, -0.05) is 25.1 Å². The third kappa shape index (κ3) is 2.82. The van der Waals surface area contributed by atoms with Crippen molar-refractivity contribution >= 4 is 22.7 Å². The first-order valence-electron chi connectivity index (χ1n) is 6.00. The van der Waals surface area contributed by atoms with Crippen LogP contribution in [0.2, 0.25) is 0 Å². The van der Waals surface area contributed by atoms with Crippen molar-refractivity contribution in [2.75, 3.05) is 11.1 Å². The van der Waals surface area contributed by atoms with Crippen molar-refractivity contribution in [3.8, 4) is 0 Å². The average Bonchev–Trinajstić information content (AvgIpc) is 2.38. The lowest BCUT2D eigenvalue weighted by Gasteiger charge is -2.09. The molecule has 0 aliphatic carbocycles. The summed E-state index contributed by atoms with van der Waals surface area (Å²) in [4.78, 5) is 10.6. The molecule has 0 saturated carbocycles. The molecule has 0 aromatic heterocycles. The van der Waals surface area contributed by atoms with Crippen LogP contribution in [-0.4, -0.2) is 4.92 Å². The summed E-state index contributed by atoms with van der Waals surface area (Å²) in [6.45, 7) is 2.06. The van der Waals surface area contributed by atoms with Crippen molar-refractivity contribution in [2.24, 2.45) is 0 Å². The minimum atomic E-state index is -0.471. The van der Waals surface area contributed by atoms with Crippen molar-refractivity contribution in [3.05, 3.63) is 58.1 Å². The van der Waals surface area contributed by atoms with Gasteiger partial charge >= 0.3 is 5.69 Å². The number of nitrogen functional groups attached to an aromatic ring is 1. The molecule has 0 amide bonds. The molecule has 98 valence electrons. The van der Waals surface area contributed by atoms with Gasteiger partial charge in [0, 0.05) is 5.69 Å². The Morgan fingerprint density at radius 3 is 2.68 bits per heavy atom. The van der Waals surface area contributed by atoms with E-state index in [0.29, 0.717) is 5.69 Å². The monoisotopic (exact) mass is 257 g/mol. The third-order valence-electron chi connectivity index (χ3n) is 2.86. The van der Waals surface area contributed by atoms with Gasteiger partial charge in [0.15, 0.2) is 0 Å². The van der Waals surface area contributed by atoms with E-state index in [0.717, 1.165) is 17.7 Å². The Hall–Kier alpha value is -2.56. The van der Waals surface area contributed by atoms with E-state index >= 15 is 0 Å². The maximum Gasteiger partial charge on any atom is 0.315 e. The van der Waals surface area contributed by atoms with Crippen LogP contribution in [0.25, 0.3) is 0 Å². The Kier molecular flexibility index (Phi) is 3.66. The number of aryl methyl sites for hydroxylation is 1. The largest absolute Gasteiger partial charge is 0.393 e. The van der Waals surface area contributed by atoms with E-state index in [2.05, 4.69) is 12.2 Å². The van der Waals surface area contributed by atoms with Crippen LogP contribution >= 0.6 is 0 Å². The van der Waals surface area contributed by atoms with Gasteiger partial charge in [-0.15, -0.1) is 0 Å². The van der Waals surface area contributed by atoms with Gasteiger partial charge in [-0.25, -0.2) is 0 Å². The lowest BCUT2D eigenvalue weighted by Crippen LogP contribution is -2.01. The molecule has 0 radical (unpaired) electrons. The summed E-state index contributed by atoms with van der Waals surface area (Å²) in [6.07, 6.45) is 0.911. The molecule has 0 aliphatic rings. The van der Waals surface area contributed by atoms with E-state index in [9.17, 15) is 10.1 Å². The molecule has 0 aliphatic heterocycles. The number of para-hydroxylation sites is 1. The van der Waals surface area contributed by atoms with Crippen LogP contribution in [0.15, 0.2) is 42.5 Å². The third-order valence-corrected chi connectivity index (χ3v) is 2.86. The van der Waals surface area contributed by atoms with Gasteiger partial charge in [-0.2, -0.15) is 0 Å². The summed E-state index contributed by atoms with van der Waals surface area (Å²) in [5.41, 5.74) is 8.09. The van der Waals surface area contributed by atoms with Crippen LogP contribution in [0.1, 0.15) is 12.5 Å². The highest BCUT2D eigenvalue weighted by molar-refractivity contribution is 5.78. The molecular weight excluding hydrogens is 242 g/mol. The zero-order valence-electron chi connectivity index (χ0n) is 10.6. The number of nitrogens with zero attached hydrogens (tertiary/aromatic N) is 1. The highest BCUT2D eigenvalue weighted by Gasteiger charge is 2.17. The molecule has 2 aromatic carbocycles. The first kappa shape index (κ1) is 12.9. The molecule has 0 unspecified atom stereocenters. The van der Waals surface area contributed by atoms with Crippen LogP contribution < -0.4 is 11.1 Å². The molecule has 0 saturated heterocycles. The normalized spacial score (nSPS) is 10.2. The highest BCUT2D eigenvalue weighted by Crippen LogP contribution is 2.32. The quantitative estimate of drug-likeness (QED) is 0.499. The molecule has 0 fully saturated rings. The second kappa shape index (κ2) is 5.39. The maximum absolute atomic E-state index is 11.0. The summed E-state index contributed by atoms with van der Waals surface area (Å²) in [6, 6.07) is 12.6. The van der Waals surface area contributed by atoms with Gasteiger partial charge in [0.1, 0.15) is 11.4 Å². The molecule has 0 bridgehead atoms. The number of nitrogens with one attached hydrogen (secondary N) is 1. The minimum absolute atomic E-state index is 0.0931. The molecule has 0 spiro atoms. The average molecular weight is 257 g/mol. The van der Waals surface area contributed by atoms with Gasteiger partial charge in [0.05, 0.1) is 4.92 Å². The summed E-state index contributed by atoms with van der Waals surface area (Å²) in [7, 11) is 0. The number of hydrogen-bond donors (Lipinski definition) is 2. The fraction of sp³-hybridized carbons (Fsp3) is 0.143. The summed E-state index contributed by atoms with van der Waals surface area (Å²) >= 11 is 0. The Morgan fingerprint density at radius 1 is 1.26 bits per heavy atom. The van der Waals surface area contributed by atoms with Crippen LogP contribution in [0.3, 0.4) is 0 Å². The van der Waals surface area contributed by atoms with E-state index in [1.54, 1.807) is 12.1 Å². The van der Waals surface area contributed by atoms with E-state index in [1.165, 1.54) is 6.07 Å². The van der Waals surface area contributed by atoms with Crippen molar-refractivity contribution in [1.82, 2.24) is 0 Å². The standard InChI is InChI=1S/C14H15N3O2/c1-2-10-5-3-6-11(9-10)16-13-8-4-7-12(15)14(13)17(18)19/h3-9,16H,2,15H2,1H3. The molecule has 2 aromatic rings. The summed E-state index contributed by atoms with van der Waals surface area (Å²) in [5.74, 6) is 0. The Morgan fingerprint density at radius 2 is 2.00 bits per heavy atom. The fourth-order valence-corrected chi connectivity index (χ4v) is 1.89. The number of nitro groups is 1. The SMILES string of the molecule is CCc1cccc(Nc2cccc(N)c2[N+](=O)[O-])c1. The van der Waals surface area contributed by atoms with Gasteiger partial charge < -0.3 is 11.1 Å². The first-order valence-corrected chi connectivity index (χ1v) is 6.00. The molecular formula is C14H15N3O2. The molecule has 5 heteroatoms. The zero-order chi connectivity index (χ0) is 13.8. The van der Waals surface area contributed by atoms with E-state index in [4.69, 9.17) is 5.73 Å². The fourth-order valence-electron chi connectivity index (χ4n) is 1.89. The highest BCUT2D eigenvalue weighted by atomic mass is 16.6. The van der Waals surface area contributed by atoms with Crippen molar-refractivity contribution < 1.29 is 4.92 Å². The second-order valence-corrected chi connectivity index (χ2v) is 4.18. The molecule has 19 heavy (non-hydrogen) atoms. The van der Waals surface area contributed by atoms with Gasteiger partial charge in [-0.3, -0.25) is 10.1 Å². The number of rotatable bonds is 4. The number of hydrogen-bond acceptors (Lipinski definition) is 4. The Balaban J connectivity index is 2.38. The number of benzene rings is 2. The van der Waals surface area contributed by atoms with Crippen LogP contribution in [0.4, 0.5) is 22.7 Å². The molecule has 3 N–H and O–H groups in total. The van der Waals surface area contributed by atoms with Crippen molar-refractivity contribution in [1.29, 1.82) is 0 Å². The zero-order valence-corrected chi connectivity index (χ0v) is 10.6. The molecule has 5 nitrogen and oxygen atoms in total. The molecule has 0 heterocycles. The molecule has 2 rings (SSSR count). The summed E-state index contributed by atoms with van der Waals surface area (Å²) in [5, 5.41) is 14.1. The summed E-state index contributed by atoms with van der Waals surface area (Å²) < 4.78 is 0. The van der Waals surface area contributed by atoms with Crippen LogP contribution in [0, 0.1) is 10.1 Å². The van der Waals surface area contributed by atoms with E-state index in [1.807, 2.05) is 24.3 Å². The van der Waals surface area contributed by atoms with E-state index in [-0.39, 0.29) is 11.4 Å². The van der Waals surface area contributed by atoms with Crippen molar-refractivity contribution in [3.63, 3.8) is 0 Å². The van der Waals surface area contributed by atoms with Gasteiger partial charge in [-0.05, 0) is 36.2 Å². The second-order valence-electron chi connectivity index (χ2n) is 4.18. The minimum Gasteiger partial charge on any atom is -0.393 e. The van der Waals surface area contributed by atoms with Crippen LogP contribution in [-0.2, 0) is 6.42 Å². The van der Waals surface area contributed by atoms with Crippen LogP contribution in [0.5, 0.6) is 0 Å². The smallest absolute Gasteiger partial charge is 0.315 e. The lowest BCUT2D eigenvalue weighted by atomic mass is 10.1. The van der Waals surface area contributed by atoms with Gasteiger partial charge in [0.25, 0.3) is 0 Å². The Labute approximate surface area is 111 Å². The molecule has 0 atom stereocenters. The maximum atomic E-state index is 11.0. The number of nitro benzene ring substituents is 1.